The summed E-state index contributed by atoms with van der Waals surface area (Å²) in [4.78, 5) is 10.7. The zero-order valence-corrected chi connectivity index (χ0v) is 8.67. The second kappa shape index (κ2) is 5.98. The Kier molecular flexibility index (Phi) is 4.90. The highest BCUT2D eigenvalue weighted by Crippen LogP contribution is 2.16. The van der Waals surface area contributed by atoms with E-state index < -0.39 is 11.9 Å². The van der Waals surface area contributed by atoms with E-state index in [-0.39, 0.29) is 0 Å². The summed E-state index contributed by atoms with van der Waals surface area (Å²) in [7, 11) is 0. The Hall–Kier alpha value is -0.610. The molecule has 1 rings (SSSR count). The van der Waals surface area contributed by atoms with E-state index >= 15 is 0 Å². The van der Waals surface area contributed by atoms with Crippen LogP contribution in [0.4, 0.5) is 0 Å². The van der Waals surface area contributed by atoms with Crippen LogP contribution in [-0.2, 0) is 4.79 Å². The number of nitrogens with one attached hydrogen (secondary N) is 1. The van der Waals surface area contributed by atoms with Crippen LogP contribution in [0.1, 0.15) is 38.5 Å². The summed E-state index contributed by atoms with van der Waals surface area (Å²) in [5, 5.41) is 3.32. The van der Waals surface area contributed by atoms with E-state index in [9.17, 15) is 4.79 Å². The number of amides is 1. The first kappa shape index (κ1) is 11.5. The molecule has 1 atom stereocenters. The Balaban J connectivity index is 2.18. The molecule has 14 heavy (non-hydrogen) atoms. The van der Waals surface area contributed by atoms with Gasteiger partial charge in [0, 0.05) is 12.6 Å². The fourth-order valence-corrected chi connectivity index (χ4v) is 1.88. The minimum atomic E-state index is -0.543. The summed E-state index contributed by atoms with van der Waals surface area (Å²) in [6.45, 7) is 0.514. The third-order valence-electron chi connectivity index (χ3n) is 2.85. The SMILES string of the molecule is NC(=O)C(N)CNC1CCCCCC1. The average Bonchev–Trinajstić information content (AvgIpc) is 2.42. The molecule has 0 aromatic rings. The van der Waals surface area contributed by atoms with Crippen molar-refractivity contribution in [1.29, 1.82) is 0 Å². The van der Waals surface area contributed by atoms with Crippen molar-refractivity contribution in [1.82, 2.24) is 5.32 Å². The van der Waals surface area contributed by atoms with Crippen molar-refractivity contribution in [3.8, 4) is 0 Å². The van der Waals surface area contributed by atoms with Crippen molar-refractivity contribution in [2.45, 2.75) is 50.6 Å². The van der Waals surface area contributed by atoms with Gasteiger partial charge in [0.1, 0.15) is 0 Å². The number of carbonyl (C=O) groups is 1. The topological polar surface area (TPSA) is 81.1 Å². The smallest absolute Gasteiger partial charge is 0.235 e. The molecule has 0 saturated heterocycles. The summed E-state index contributed by atoms with van der Waals surface area (Å²) >= 11 is 0. The number of primary amides is 1. The van der Waals surface area contributed by atoms with Crippen LogP contribution in [-0.4, -0.2) is 24.5 Å². The molecule has 0 aliphatic heterocycles. The zero-order chi connectivity index (χ0) is 10.4. The maximum absolute atomic E-state index is 10.7. The Morgan fingerprint density at radius 2 is 1.86 bits per heavy atom. The van der Waals surface area contributed by atoms with Crippen molar-refractivity contribution >= 4 is 5.91 Å². The molecular weight excluding hydrogens is 178 g/mol. The molecule has 1 unspecified atom stereocenters. The van der Waals surface area contributed by atoms with Crippen molar-refractivity contribution in [2.75, 3.05) is 6.54 Å². The summed E-state index contributed by atoms with van der Waals surface area (Å²) in [5.41, 5.74) is 10.6. The van der Waals surface area contributed by atoms with E-state index in [2.05, 4.69) is 5.32 Å². The molecule has 0 spiro atoms. The number of hydrogen-bond acceptors (Lipinski definition) is 3. The van der Waals surface area contributed by atoms with E-state index in [1.54, 1.807) is 0 Å². The molecule has 0 radical (unpaired) electrons. The first-order valence-corrected chi connectivity index (χ1v) is 5.48. The zero-order valence-electron chi connectivity index (χ0n) is 8.67. The quantitative estimate of drug-likeness (QED) is 0.562. The van der Waals surface area contributed by atoms with Crippen molar-refractivity contribution in [3.05, 3.63) is 0 Å². The summed E-state index contributed by atoms with van der Waals surface area (Å²) in [6.07, 6.45) is 7.63. The second-order valence-corrected chi connectivity index (χ2v) is 4.11. The predicted molar refractivity (Wildman–Crippen MR) is 56.7 cm³/mol. The van der Waals surface area contributed by atoms with Crippen LogP contribution in [0.25, 0.3) is 0 Å². The number of rotatable bonds is 4. The van der Waals surface area contributed by atoms with Crippen LogP contribution >= 0.6 is 0 Å². The summed E-state index contributed by atoms with van der Waals surface area (Å²) < 4.78 is 0. The van der Waals surface area contributed by atoms with Crippen LogP contribution in [0.2, 0.25) is 0 Å². The Morgan fingerprint density at radius 1 is 1.29 bits per heavy atom. The Bertz CT molecular complexity index is 176. The van der Waals surface area contributed by atoms with Crippen molar-refractivity contribution < 1.29 is 4.79 Å². The molecule has 0 aromatic heterocycles. The van der Waals surface area contributed by atoms with Gasteiger partial charge in [-0.3, -0.25) is 4.79 Å². The molecule has 1 fully saturated rings. The van der Waals surface area contributed by atoms with Crippen LogP contribution in [0.15, 0.2) is 0 Å². The molecule has 0 bridgehead atoms. The van der Waals surface area contributed by atoms with Crippen molar-refractivity contribution in [2.24, 2.45) is 11.5 Å². The number of nitrogens with two attached hydrogens (primary N) is 2. The van der Waals surface area contributed by atoms with Crippen molar-refractivity contribution in [3.63, 3.8) is 0 Å². The molecule has 4 heteroatoms. The minimum absolute atomic E-state index is 0.425. The van der Waals surface area contributed by atoms with Crippen LogP contribution in [0.5, 0.6) is 0 Å². The molecule has 4 nitrogen and oxygen atoms in total. The van der Waals surface area contributed by atoms with Gasteiger partial charge in [-0.05, 0) is 12.8 Å². The average molecular weight is 199 g/mol. The third-order valence-corrected chi connectivity index (χ3v) is 2.85. The normalized spacial score (nSPS) is 21.5. The van der Waals surface area contributed by atoms with Gasteiger partial charge in [-0.2, -0.15) is 0 Å². The van der Waals surface area contributed by atoms with E-state index in [0.29, 0.717) is 12.6 Å². The van der Waals surface area contributed by atoms with E-state index in [0.717, 1.165) is 0 Å². The van der Waals surface area contributed by atoms with Gasteiger partial charge >= 0.3 is 0 Å². The molecular formula is C10H21N3O. The monoisotopic (exact) mass is 199 g/mol. The molecule has 5 N–H and O–H groups in total. The first-order chi connectivity index (χ1) is 6.70. The fraction of sp³-hybridized carbons (Fsp3) is 0.900. The van der Waals surface area contributed by atoms with Gasteiger partial charge in [-0.1, -0.05) is 25.7 Å². The van der Waals surface area contributed by atoms with Gasteiger partial charge in [-0.25, -0.2) is 0 Å². The highest BCUT2D eigenvalue weighted by atomic mass is 16.1. The molecule has 1 saturated carbocycles. The largest absolute Gasteiger partial charge is 0.368 e. The van der Waals surface area contributed by atoms with Crippen LogP contribution in [0.3, 0.4) is 0 Å². The lowest BCUT2D eigenvalue weighted by atomic mass is 10.1. The number of hydrogen-bond donors (Lipinski definition) is 3. The molecule has 0 aromatic carbocycles. The molecule has 1 amide bonds. The maximum atomic E-state index is 10.7. The van der Waals surface area contributed by atoms with Gasteiger partial charge in [0.25, 0.3) is 0 Å². The molecule has 82 valence electrons. The van der Waals surface area contributed by atoms with Gasteiger partial charge < -0.3 is 16.8 Å². The molecule has 0 heterocycles. The van der Waals surface area contributed by atoms with Gasteiger partial charge in [0.15, 0.2) is 0 Å². The summed E-state index contributed by atoms with van der Waals surface area (Å²) in [5.74, 6) is -0.425. The highest BCUT2D eigenvalue weighted by molar-refractivity contribution is 5.79. The second-order valence-electron chi connectivity index (χ2n) is 4.11. The fourth-order valence-electron chi connectivity index (χ4n) is 1.88. The Morgan fingerprint density at radius 3 is 2.36 bits per heavy atom. The summed E-state index contributed by atoms with van der Waals surface area (Å²) in [6, 6.07) is -0.0128. The van der Waals surface area contributed by atoms with Gasteiger partial charge in [0.2, 0.25) is 5.91 Å². The third kappa shape index (κ3) is 4.07. The van der Waals surface area contributed by atoms with E-state index in [1.807, 2.05) is 0 Å². The predicted octanol–water partition coefficient (Wildman–Crippen LogP) is 0.111. The highest BCUT2D eigenvalue weighted by Gasteiger charge is 2.14. The Labute approximate surface area is 85.4 Å². The minimum Gasteiger partial charge on any atom is -0.368 e. The first-order valence-electron chi connectivity index (χ1n) is 5.48. The van der Waals surface area contributed by atoms with Crippen LogP contribution in [0, 0.1) is 0 Å². The maximum Gasteiger partial charge on any atom is 0.235 e. The van der Waals surface area contributed by atoms with Gasteiger partial charge in [-0.15, -0.1) is 0 Å². The number of carbonyl (C=O) groups excluding carboxylic acids is 1. The molecule has 1 aliphatic rings. The lowest BCUT2D eigenvalue weighted by molar-refractivity contribution is -0.119. The lowest BCUT2D eigenvalue weighted by Gasteiger charge is -2.17. The lowest BCUT2D eigenvalue weighted by Crippen LogP contribution is -2.46. The van der Waals surface area contributed by atoms with Crippen LogP contribution < -0.4 is 16.8 Å². The van der Waals surface area contributed by atoms with E-state index in [4.69, 9.17) is 11.5 Å². The standard InChI is InChI=1S/C10H21N3O/c11-9(10(12)14)7-13-8-5-3-1-2-4-6-8/h8-9,13H,1-7,11H2,(H2,12,14). The van der Waals surface area contributed by atoms with E-state index in [1.165, 1.54) is 38.5 Å². The van der Waals surface area contributed by atoms with Gasteiger partial charge in [0.05, 0.1) is 6.04 Å². The molecule has 1 aliphatic carbocycles.